The quantitative estimate of drug-likeness (QED) is 0.177. The van der Waals surface area contributed by atoms with Gasteiger partial charge in [-0.25, -0.2) is 39.9 Å². The lowest BCUT2D eigenvalue weighted by Crippen LogP contribution is -2.30. The number of fused-ring (bicyclic) bond motifs is 3. The van der Waals surface area contributed by atoms with Gasteiger partial charge in [-0.1, -0.05) is 54.6 Å². The van der Waals surface area contributed by atoms with Crippen LogP contribution in [0.15, 0.2) is 146 Å². The molecule has 12 nitrogen and oxygen atoms in total. The number of imidazole rings is 2. The molecule has 52 heavy (non-hydrogen) atoms. The van der Waals surface area contributed by atoms with Crippen molar-refractivity contribution in [2.24, 2.45) is 0 Å². The van der Waals surface area contributed by atoms with Gasteiger partial charge in [0.25, 0.3) is 0 Å². The number of anilines is 3. The van der Waals surface area contributed by atoms with E-state index in [0.29, 0.717) is 34.2 Å². The molecule has 6 heterocycles. The molecule has 0 amide bonds. The zero-order valence-corrected chi connectivity index (χ0v) is 27.8. The normalized spacial score (nSPS) is 14.0. The Morgan fingerprint density at radius 1 is 0.462 bits per heavy atom. The number of nitrogens with zero attached hydrogens (tertiary/aromatic N) is 12. The molecule has 9 aromatic rings. The second-order valence-electron chi connectivity index (χ2n) is 12.4. The molecule has 12 heteroatoms. The molecule has 248 valence electrons. The molecule has 1 aliphatic heterocycles. The summed E-state index contributed by atoms with van der Waals surface area (Å²) in [5.41, 5.74) is 7.90. The molecule has 0 saturated carbocycles. The molecule has 0 aliphatic carbocycles. The van der Waals surface area contributed by atoms with Crippen molar-refractivity contribution in [3.63, 3.8) is 0 Å². The maximum atomic E-state index is 5.11. The van der Waals surface area contributed by atoms with Crippen molar-refractivity contribution >= 4 is 39.9 Å². The molecule has 1 atom stereocenters. The fraction of sp³-hybridized carbons (Fsp3) is 0.0500. The van der Waals surface area contributed by atoms with E-state index in [0.717, 1.165) is 45.4 Å². The van der Waals surface area contributed by atoms with Crippen molar-refractivity contribution in [1.82, 2.24) is 49.0 Å². The molecular formula is C40H28N12. The highest BCUT2D eigenvalue weighted by atomic mass is 15.5. The zero-order chi connectivity index (χ0) is 34.6. The molecule has 0 spiro atoms. The van der Waals surface area contributed by atoms with E-state index in [2.05, 4.69) is 59.2 Å². The molecule has 1 unspecified atom stereocenters. The molecule has 10 rings (SSSR count). The third kappa shape index (κ3) is 4.69. The van der Waals surface area contributed by atoms with Gasteiger partial charge in [-0.2, -0.15) is 0 Å². The molecule has 1 aliphatic rings. The lowest BCUT2D eigenvalue weighted by Gasteiger charge is -2.31. The molecule has 0 fully saturated rings. The van der Waals surface area contributed by atoms with Crippen molar-refractivity contribution in [2.75, 3.05) is 16.8 Å². The smallest absolute Gasteiger partial charge is 0.198 e. The Morgan fingerprint density at radius 2 is 0.904 bits per heavy atom. The largest absolute Gasteiger partial charge is 0.332 e. The third-order valence-electron chi connectivity index (χ3n) is 9.26. The highest BCUT2D eigenvalue weighted by Gasteiger charge is 2.39. The Balaban J connectivity index is 1.28. The summed E-state index contributed by atoms with van der Waals surface area (Å²) in [5.74, 6) is 2.92. The van der Waals surface area contributed by atoms with Gasteiger partial charge in [0.15, 0.2) is 34.2 Å². The van der Waals surface area contributed by atoms with Crippen molar-refractivity contribution in [1.29, 1.82) is 0 Å². The van der Waals surface area contributed by atoms with E-state index in [1.165, 1.54) is 0 Å². The molecule has 4 aromatic carbocycles. The summed E-state index contributed by atoms with van der Waals surface area (Å²) in [6.07, 6.45) is 9.86. The lowest BCUT2D eigenvalue weighted by atomic mass is 10.0. The molecule has 0 bridgehead atoms. The summed E-state index contributed by atoms with van der Waals surface area (Å²) in [6.45, 7) is 0. The summed E-state index contributed by atoms with van der Waals surface area (Å²) in [6, 6.07) is 37.0. The number of para-hydroxylation sites is 3. The second kappa shape index (κ2) is 11.9. The van der Waals surface area contributed by atoms with Gasteiger partial charge in [-0.3, -0.25) is 14.0 Å². The second-order valence-corrected chi connectivity index (χ2v) is 12.4. The Morgan fingerprint density at radius 3 is 1.42 bits per heavy atom. The summed E-state index contributed by atoms with van der Waals surface area (Å²) >= 11 is 0. The van der Waals surface area contributed by atoms with Gasteiger partial charge < -0.3 is 4.90 Å². The fourth-order valence-electron chi connectivity index (χ4n) is 7.08. The minimum atomic E-state index is -0.324. The lowest BCUT2D eigenvalue weighted by molar-refractivity contribution is 0.712. The number of benzene rings is 4. The first-order chi connectivity index (χ1) is 25.7. The van der Waals surface area contributed by atoms with Crippen LogP contribution in [0.25, 0.3) is 56.7 Å². The minimum absolute atomic E-state index is 0.324. The average Bonchev–Trinajstić information content (AvgIpc) is 3.89. The van der Waals surface area contributed by atoms with E-state index in [4.69, 9.17) is 29.9 Å². The highest BCUT2D eigenvalue weighted by Crippen LogP contribution is 2.48. The predicted octanol–water partition coefficient (Wildman–Crippen LogP) is 7.36. The Labute approximate surface area is 297 Å². The maximum Gasteiger partial charge on any atom is 0.198 e. The van der Waals surface area contributed by atoms with E-state index in [-0.39, 0.29) is 6.17 Å². The predicted molar refractivity (Wildman–Crippen MR) is 200 cm³/mol. The first-order valence-electron chi connectivity index (χ1n) is 16.8. The standard InChI is InChI=1S/C40H28N12/c1-49-38-39(46-22-21-45-38)52(31-15-9-4-10-16-31)40(49)28-24-26(34-47-32-36(43-19-17-41-32)50(34)29-11-5-2-6-12-29)23-27(25-28)35-48-33-37(44-20-18-42-33)51(35)30-13-7-3-8-14-30/h2-25,40H,1H3. The minimum Gasteiger partial charge on any atom is -0.332 e. The van der Waals surface area contributed by atoms with Gasteiger partial charge in [0.1, 0.15) is 17.8 Å². The van der Waals surface area contributed by atoms with Crippen LogP contribution in [0.2, 0.25) is 0 Å². The monoisotopic (exact) mass is 676 g/mol. The molecule has 0 radical (unpaired) electrons. The van der Waals surface area contributed by atoms with Crippen LogP contribution in [-0.4, -0.2) is 56.1 Å². The summed E-state index contributed by atoms with van der Waals surface area (Å²) in [7, 11) is 2.05. The van der Waals surface area contributed by atoms with Crippen molar-refractivity contribution in [2.45, 2.75) is 6.17 Å². The molecule has 5 aromatic heterocycles. The summed E-state index contributed by atoms with van der Waals surface area (Å²) in [4.78, 5) is 42.9. The molecule has 0 saturated heterocycles. The van der Waals surface area contributed by atoms with E-state index in [9.17, 15) is 0 Å². The Kier molecular flexibility index (Phi) is 6.77. The van der Waals surface area contributed by atoms with Gasteiger partial charge in [0.05, 0.1) is 0 Å². The van der Waals surface area contributed by atoms with E-state index >= 15 is 0 Å². The average molecular weight is 677 g/mol. The summed E-state index contributed by atoms with van der Waals surface area (Å²) < 4.78 is 4.11. The maximum absolute atomic E-state index is 5.11. The van der Waals surface area contributed by atoms with Crippen LogP contribution in [0.5, 0.6) is 0 Å². The number of hydrogen-bond donors (Lipinski definition) is 0. The fourth-order valence-corrected chi connectivity index (χ4v) is 7.08. The van der Waals surface area contributed by atoms with Gasteiger partial charge in [-0.05, 0) is 60.2 Å². The van der Waals surface area contributed by atoms with Crippen molar-refractivity contribution in [3.05, 3.63) is 152 Å². The molecular weight excluding hydrogens is 649 g/mol. The highest BCUT2D eigenvalue weighted by molar-refractivity contribution is 5.84. The van der Waals surface area contributed by atoms with Gasteiger partial charge in [0.2, 0.25) is 0 Å². The first kappa shape index (κ1) is 29.6. The third-order valence-corrected chi connectivity index (χ3v) is 9.26. The van der Waals surface area contributed by atoms with Crippen LogP contribution in [0.4, 0.5) is 17.3 Å². The van der Waals surface area contributed by atoms with Crippen LogP contribution in [0.1, 0.15) is 11.7 Å². The summed E-state index contributed by atoms with van der Waals surface area (Å²) in [5, 5.41) is 0. The number of aromatic nitrogens is 10. The van der Waals surface area contributed by atoms with Gasteiger partial charge in [-0.15, -0.1) is 0 Å². The zero-order valence-electron chi connectivity index (χ0n) is 27.8. The van der Waals surface area contributed by atoms with Gasteiger partial charge >= 0.3 is 0 Å². The Hall–Kier alpha value is -7.34. The van der Waals surface area contributed by atoms with E-state index in [1.54, 1.807) is 37.2 Å². The van der Waals surface area contributed by atoms with E-state index < -0.39 is 0 Å². The number of hydrogen-bond acceptors (Lipinski definition) is 10. The first-order valence-corrected chi connectivity index (χ1v) is 16.8. The van der Waals surface area contributed by atoms with Crippen molar-refractivity contribution in [3.8, 4) is 34.2 Å². The molecule has 0 N–H and O–H groups in total. The SMILES string of the molecule is CN1c2nccnc2N(c2ccccc2)C1c1cc(-c2nc3nccnc3n2-c2ccccc2)cc(-c2nc3nccnc3n2-c2ccccc2)c1. The van der Waals surface area contributed by atoms with Crippen molar-refractivity contribution < 1.29 is 0 Å². The van der Waals surface area contributed by atoms with Crippen LogP contribution >= 0.6 is 0 Å². The topological polar surface area (TPSA) is 119 Å². The van der Waals surface area contributed by atoms with Crippen LogP contribution < -0.4 is 9.80 Å². The van der Waals surface area contributed by atoms with Crippen LogP contribution in [0.3, 0.4) is 0 Å². The number of rotatable bonds is 6. The van der Waals surface area contributed by atoms with Crippen LogP contribution in [-0.2, 0) is 0 Å². The van der Waals surface area contributed by atoms with Gasteiger partial charge in [0, 0.05) is 72.4 Å². The van der Waals surface area contributed by atoms with E-state index in [1.807, 2.05) is 85.9 Å². The Bertz CT molecular complexity index is 2590. The van der Waals surface area contributed by atoms with Crippen LogP contribution in [0, 0.1) is 0 Å².